The summed E-state index contributed by atoms with van der Waals surface area (Å²) in [6.45, 7) is 8.31. The molecule has 0 aromatic heterocycles. The first-order chi connectivity index (χ1) is 8.51. The predicted molar refractivity (Wildman–Crippen MR) is 81.0 cm³/mol. The Morgan fingerprint density at radius 1 is 1.39 bits per heavy atom. The zero-order valence-corrected chi connectivity index (χ0v) is 13.3. The number of aryl methyl sites for hydroxylation is 1. The number of carbonyl (C=O) groups excluding carboxylic acids is 1. The molecule has 0 aliphatic carbocycles. The van der Waals surface area contributed by atoms with Crippen molar-refractivity contribution in [3.63, 3.8) is 0 Å². The molecule has 0 saturated heterocycles. The molecule has 0 radical (unpaired) electrons. The zero-order chi connectivity index (χ0) is 13.7. The van der Waals surface area contributed by atoms with E-state index < -0.39 is 0 Å². The standard InChI is InChI=1S/C15H22BrNO/c1-5-7-15(18)17(12(4)6-2)13-8-9-14(16)11(3)10-13/h8-10,12H,5-7H2,1-4H3. The van der Waals surface area contributed by atoms with Crippen LogP contribution in [0.15, 0.2) is 22.7 Å². The fraction of sp³-hybridized carbons (Fsp3) is 0.533. The van der Waals surface area contributed by atoms with Crippen LogP contribution in [0.2, 0.25) is 0 Å². The molecule has 1 rings (SSSR count). The number of anilines is 1. The minimum Gasteiger partial charge on any atom is -0.310 e. The van der Waals surface area contributed by atoms with Crippen molar-refractivity contribution < 1.29 is 4.79 Å². The number of amides is 1. The van der Waals surface area contributed by atoms with Gasteiger partial charge in [0.05, 0.1) is 0 Å². The molecule has 3 heteroatoms. The number of hydrogen-bond donors (Lipinski definition) is 0. The lowest BCUT2D eigenvalue weighted by atomic mass is 10.1. The summed E-state index contributed by atoms with van der Waals surface area (Å²) in [5.41, 5.74) is 2.16. The van der Waals surface area contributed by atoms with Crippen molar-refractivity contribution in [2.45, 2.75) is 53.0 Å². The first-order valence-electron chi connectivity index (χ1n) is 6.59. The van der Waals surface area contributed by atoms with Crippen LogP contribution in [0.5, 0.6) is 0 Å². The third-order valence-electron chi connectivity index (χ3n) is 3.18. The lowest BCUT2D eigenvalue weighted by molar-refractivity contribution is -0.119. The second-order valence-electron chi connectivity index (χ2n) is 4.70. The van der Waals surface area contributed by atoms with Crippen LogP contribution in [0.25, 0.3) is 0 Å². The summed E-state index contributed by atoms with van der Waals surface area (Å²) < 4.78 is 1.08. The van der Waals surface area contributed by atoms with E-state index in [4.69, 9.17) is 0 Å². The Kier molecular flexibility index (Phi) is 5.86. The fourth-order valence-electron chi connectivity index (χ4n) is 1.94. The van der Waals surface area contributed by atoms with Crippen LogP contribution in [0.3, 0.4) is 0 Å². The molecule has 0 fully saturated rings. The van der Waals surface area contributed by atoms with Gasteiger partial charge in [-0.1, -0.05) is 29.8 Å². The maximum atomic E-state index is 12.3. The van der Waals surface area contributed by atoms with Crippen LogP contribution in [0.4, 0.5) is 5.69 Å². The van der Waals surface area contributed by atoms with E-state index in [2.05, 4.69) is 35.8 Å². The lowest BCUT2D eigenvalue weighted by Gasteiger charge is -2.29. The van der Waals surface area contributed by atoms with E-state index in [0.717, 1.165) is 28.6 Å². The lowest BCUT2D eigenvalue weighted by Crippen LogP contribution is -2.38. The van der Waals surface area contributed by atoms with Gasteiger partial charge >= 0.3 is 0 Å². The van der Waals surface area contributed by atoms with E-state index in [0.29, 0.717) is 6.42 Å². The molecule has 100 valence electrons. The normalized spacial score (nSPS) is 12.3. The van der Waals surface area contributed by atoms with Gasteiger partial charge in [0.25, 0.3) is 0 Å². The van der Waals surface area contributed by atoms with Crippen LogP contribution in [0.1, 0.15) is 45.6 Å². The second-order valence-corrected chi connectivity index (χ2v) is 5.56. The maximum absolute atomic E-state index is 12.3. The number of hydrogen-bond acceptors (Lipinski definition) is 1. The fourth-order valence-corrected chi connectivity index (χ4v) is 2.19. The first kappa shape index (κ1) is 15.2. The third-order valence-corrected chi connectivity index (χ3v) is 4.07. The van der Waals surface area contributed by atoms with Crippen molar-refractivity contribution in [2.24, 2.45) is 0 Å². The van der Waals surface area contributed by atoms with Crippen molar-refractivity contribution >= 4 is 27.5 Å². The summed E-state index contributed by atoms with van der Waals surface area (Å²) in [5.74, 6) is 0.216. The molecular formula is C15H22BrNO. The van der Waals surface area contributed by atoms with Gasteiger partial charge in [0.1, 0.15) is 0 Å². The summed E-state index contributed by atoms with van der Waals surface area (Å²) in [7, 11) is 0. The minimum absolute atomic E-state index is 0.216. The van der Waals surface area contributed by atoms with Crippen LogP contribution in [0, 0.1) is 6.92 Å². The molecule has 1 aromatic carbocycles. The number of nitrogens with zero attached hydrogens (tertiary/aromatic N) is 1. The van der Waals surface area contributed by atoms with Gasteiger partial charge in [-0.15, -0.1) is 0 Å². The van der Waals surface area contributed by atoms with E-state index in [-0.39, 0.29) is 11.9 Å². The van der Waals surface area contributed by atoms with Crippen LogP contribution >= 0.6 is 15.9 Å². The largest absolute Gasteiger partial charge is 0.310 e. The summed E-state index contributed by atoms with van der Waals surface area (Å²) in [4.78, 5) is 14.2. The molecule has 1 unspecified atom stereocenters. The van der Waals surface area contributed by atoms with Crippen LogP contribution in [-0.2, 0) is 4.79 Å². The molecule has 0 aliphatic rings. The highest BCUT2D eigenvalue weighted by atomic mass is 79.9. The molecular weight excluding hydrogens is 290 g/mol. The predicted octanol–water partition coefficient (Wildman–Crippen LogP) is 4.69. The quantitative estimate of drug-likeness (QED) is 0.772. The van der Waals surface area contributed by atoms with Crippen molar-refractivity contribution in [3.05, 3.63) is 28.2 Å². The van der Waals surface area contributed by atoms with E-state index in [9.17, 15) is 4.79 Å². The molecule has 0 aliphatic heterocycles. The van der Waals surface area contributed by atoms with Gasteiger partial charge in [0.15, 0.2) is 0 Å². The van der Waals surface area contributed by atoms with Gasteiger partial charge in [-0.2, -0.15) is 0 Å². The van der Waals surface area contributed by atoms with Crippen LogP contribution in [-0.4, -0.2) is 11.9 Å². The Balaban J connectivity index is 3.08. The van der Waals surface area contributed by atoms with E-state index in [1.807, 2.05) is 30.9 Å². The molecule has 18 heavy (non-hydrogen) atoms. The third kappa shape index (κ3) is 3.58. The van der Waals surface area contributed by atoms with Crippen LogP contribution < -0.4 is 4.90 Å². The molecule has 1 aromatic rings. The van der Waals surface area contributed by atoms with Crippen molar-refractivity contribution in [1.82, 2.24) is 0 Å². The highest BCUT2D eigenvalue weighted by molar-refractivity contribution is 9.10. The van der Waals surface area contributed by atoms with Crippen molar-refractivity contribution in [3.8, 4) is 0 Å². The van der Waals surface area contributed by atoms with Gasteiger partial charge in [-0.3, -0.25) is 4.79 Å². The monoisotopic (exact) mass is 311 g/mol. The summed E-state index contributed by atoms with van der Waals surface area (Å²) in [6, 6.07) is 6.34. The molecule has 0 bridgehead atoms. The topological polar surface area (TPSA) is 20.3 Å². The number of halogens is 1. The van der Waals surface area contributed by atoms with Gasteiger partial charge in [0.2, 0.25) is 5.91 Å². The molecule has 0 N–H and O–H groups in total. The van der Waals surface area contributed by atoms with Gasteiger partial charge in [0, 0.05) is 22.6 Å². The maximum Gasteiger partial charge on any atom is 0.227 e. The second kappa shape index (κ2) is 6.93. The molecule has 2 nitrogen and oxygen atoms in total. The SMILES string of the molecule is CCCC(=O)N(c1ccc(Br)c(C)c1)C(C)CC. The zero-order valence-electron chi connectivity index (χ0n) is 11.7. The average molecular weight is 312 g/mol. The summed E-state index contributed by atoms with van der Waals surface area (Å²) in [5, 5.41) is 0. The van der Waals surface area contributed by atoms with E-state index in [1.54, 1.807) is 0 Å². The molecule has 1 amide bonds. The highest BCUT2D eigenvalue weighted by Crippen LogP contribution is 2.25. The minimum atomic E-state index is 0.216. The molecule has 0 spiro atoms. The Bertz CT molecular complexity index is 417. The average Bonchev–Trinajstić information content (AvgIpc) is 2.34. The molecule has 0 heterocycles. The Labute approximate surface area is 119 Å². The highest BCUT2D eigenvalue weighted by Gasteiger charge is 2.20. The smallest absolute Gasteiger partial charge is 0.227 e. The first-order valence-corrected chi connectivity index (χ1v) is 7.38. The van der Waals surface area contributed by atoms with Gasteiger partial charge < -0.3 is 4.90 Å². The number of benzene rings is 1. The number of carbonyl (C=O) groups is 1. The van der Waals surface area contributed by atoms with E-state index >= 15 is 0 Å². The Hall–Kier alpha value is -0.830. The van der Waals surface area contributed by atoms with Gasteiger partial charge in [-0.05, 0) is 50.5 Å². The number of rotatable bonds is 5. The van der Waals surface area contributed by atoms with Crippen molar-refractivity contribution in [2.75, 3.05) is 4.90 Å². The molecule has 1 atom stereocenters. The Morgan fingerprint density at radius 3 is 2.56 bits per heavy atom. The van der Waals surface area contributed by atoms with Crippen molar-refractivity contribution in [1.29, 1.82) is 0 Å². The van der Waals surface area contributed by atoms with Gasteiger partial charge in [-0.25, -0.2) is 0 Å². The molecule has 0 saturated carbocycles. The van der Waals surface area contributed by atoms with E-state index in [1.165, 1.54) is 0 Å². The summed E-state index contributed by atoms with van der Waals surface area (Å²) >= 11 is 3.50. The Morgan fingerprint density at radius 2 is 2.06 bits per heavy atom. The summed E-state index contributed by atoms with van der Waals surface area (Å²) in [6.07, 6.45) is 2.46.